The van der Waals surface area contributed by atoms with Gasteiger partial charge in [-0.3, -0.25) is 9.78 Å². The Morgan fingerprint density at radius 1 is 1.24 bits per heavy atom. The number of piperidine rings is 1. The summed E-state index contributed by atoms with van der Waals surface area (Å²) in [6.45, 7) is 5.07. The van der Waals surface area contributed by atoms with E-state index in [-0.39, 0.29) is 17.1 Å². The van der Waals surface area contributed by atoms with Gasteiger partial charge in [-0.2, -0.15) is 0 Å². The third kappa shape index (κ3) is 4.18. The van der Waals surface area contributed by atoms with Crippen molar-refractivity contribution in [2.75, 3.05) is 13.1 Å². The molecular formula is C22H23FN4O2. The third-order valence-corrected chi connectivity index (χ3v) is 5.32. The third-order valence-electron chi connectivity index (χ3n) is 5.32. The molecule has 0 spiro atoms. The Labute approximate surface area is 168 Å². The maximum Gasteiger partial charge on any atom is 0.274 e. The summed E-state index contributed by atoms with van der Waals surface area (Å²) in [5.74, 6) is 0.890. The highest BCUT2D eigenvalue weighted by molar-refractivity contribution is 5.92. The molecule has 4 rings (SSSR count). The van der Waals surface area contributed by atoms with Crippen molar-refractivity contribution in [2.45, 2.75) is 38.5 Å². The normalized spacial score (nSPS) is 19.3. The van der Waals surface area contributed by atoms with Crippen LogP contribution in [0.15, 0.2) is 47.3 Å². The van der Waals surface area contributed by atoms with E-state index < -0.39 is 0 Å². The van der Waals surface area contributed by atoms with Crippen molar-refractivity contribution in [1.82, 2.24) is 19.9 Å². The molecule has 6 nitrogen and oxygen atoms in total. The van der Waals surface area contributed by atoms with E-state index in [1.54, 1.807) is 23.4 Å². The van der Waals surface area contributed by atoms with Crippen LogP contribution in [-0.4, -0.2) is 38.8 Å². The number of nitrogens with zero attached hydrogens (tertiary/aromatic N) is 4. The Balaban J connectivity index is 1.50. The first kappa shape index (κ1) is 19.2. The molecule has 0 saturated carbocycles. The molecule has 29 heavy (non-hydrogen) atoms. The van der Waals surface area contributed by atoms with E-state index in [0.29, 0.717) is 36.9 Å². The van der Waals surface area contributed by atoms with Gasteiger partial charge in [0.05, 0.1) is 23.5 Å². The number of hydrogen-bond donors (Lipinski definition) is 0. The minimum Gasteiger partial charge on any atom is -0.445 e. The summed E-state index contributed by atoms with van der Waals surface area (Å²) in [7, 11) is 0. The Kier molecular flexibility index (Phi) is 5.13. The van der Waals surface area contributed by atoms with E-state index in [4.69, 9.17) is 4.42 Å². The minimum absolute atomic E-state index is 0.130. The summed E-state index contributed by atoms with van der Waals surface area (Å²) in [6.07, 6.45) is 7.01. The lowest BCUT2D eigenvalue weighted by molar-refractivity contribution is 0.0619. The Morgan fingerprint density at radius 3 is 2.86 bits per heavy atom. The monoisotopic (exact) mass is 394 g/mol. The molecule has 7 heteroatoms. The molecule has 0 bridgehead atoms. The number of carbonyl (C=O) groups excluding carboxylic acids is 1. The molecule has 0 radical (unpaired) electrons. The summed E-state index contributed by atoms with van der Waals surface area (Å²) in [5.41, 5.74) is 1.57. The summed E-state index contributed by atoms with van der Waals surface area (Å²) >= 11 is 0. The van der Waals surface area contributed by atoms with Gasteiger partial charge in [0.25, 0.3) is 5.91 Å². The maximum atomic E-state index is 13.4. The molecule has 1 amide bonds. The van der Waals surface area contributed by atoms with Gasteiger partial charge in [-0.25, -0.2) is 14.4 Å². The van der Waals surface area contributed by atoms with Crippen LogP contribution in [0.1, 0.15) is 53.2 Å². The predicted molar refractivity (Wildman–Crippen MR) is 105 cm³/mol. The molecule has 0 unspecified atom stereocenters. The Bertz CT molecular complexity index is 1020. The summed E-state index contributed by atoms with van der Waals surface area (Å²) < 4.78 is 19.4. The zero-order chi connectivity index (χ0) is 20.4. The van der Waals surface area contributed by atoms with Crippen molar-refractivity contribution >= 4 is 5.91 Å². The summed E-state index contributed by atoms with van der Waals surface area (Å²) in [5, 5.41) is 0. The van der Waals surface area contributed by atoms with Crippen LogP contribution < -0.4 is 0 Å². The number of hydrogen-bond acceptors (Lipinski definition) is 5. The van der Waals surface area contributed by atoms with Crippen LogP contribution in [0.3, 0.4) is 0 Å². The van der Waals surface area contributed by atoms with Crippen LogP contribution >= 0.6 is 0 Å². The molecular weight excluding hydrogens is 371 g/mol. The van der Waals surface area contributed by atoms with Gasteiger partial charge in [0.1, 0.15) is 17.3 Å². The number of carbonyl (C=O) groups is 1. The number of likely N-dealkylation sites (tertiary alicyclic amines) is 1. The largest absolute Gasteiger partial charge is 0.445 e. The van der Waals surface area contributed by atoms with Gasteiger partial charge in [-0.1, -0.05) is 12.1 Å². The van der Waals surface area contributed by atoms with Crippen molar-refractivity contribution < 1.29 is 13.6 Å². The van der Waals surface area contributed by atoms with Crippen LogP contribution in [0.5, 0.6) is 0 Å². The first-order valence-electron chi connectivity index (χ1n) is 9.70. The van der Waals surface area contributed by atoms with Gasteiger partial charge in [-0.05, 0) is 44.4 Å². The highest BCUT2D eigenvalue weighted by Gasteiger charge is 2.39. The van der Waals surface area contributed by atoms with Gasteiger partial charge in [0.2, 0.25) is 5.89 Å². The molecule has 1 fully saturated rings. The molecule has 0 aliphatic carbocycles. The predicted octanol–water partition coefficient (Wildman–Crippen LogP) is 3.70. The quantitative estimate of drug-likeness (QED) is 0.675. The fourth-order valence-corrected chi connectivity index (χ4v) is 3.77. The number of aromatic nitrogens is 3. The highest BCUT2D eigenvalue weighted by Crippen LogP contribution is 2.34. The van der Waals surface area contributed by atoms with E-state index in [1.807, 2.05) is 13.0 Å². The average Bonchev–Trinajstić information content (AvgIpc) is 3.17. The number of oxazole rings is 1. The molecule has 1 saturated heterocycles. The van der Waals surface area contributed by atoms with E-state index in [9.17, 15) is 9.18 Å². The molecule has 1 aliphatic heterocycles. The lowest BCUT2D eigenvalue weighted by Gasteiger charge is -2.38. The van der Waals surface area contributed by atoms with Crippen LogP contribution in [0, 0.1) is 12.7 Å². The topological polar surface area (TPSA) is 72.1 Å². The van der Waals surface area contributed by atoms with E-state index >= 15 is 0 Å². The SMILES string of the molecule is Cc1cnc(C(=O)N2CCC[C@@](C)(c3ncc(Cc4cccc(F)c4)o3)C2)cn1. The van der Waals surface area contributed by atoms with Gasteiger partial charge in [-0.15, -0.1) is 0 Å². The Morgan fingerprint density at radius 2 is 2.10 bits per heavy atom. The Hall–Kier alpha value is -3.09. The standard InChI is InChI=1S/C22H23FN4O2/c1-15-11-25-19(13-24-15)20(28)27-8-4-7-22(2,14-27)21-26-12-18(29-21)10-16-5-3-6-17(23)9-16/h3,5-6,9,11-13H,4,7-8,10,14H2,1-2H3/t22-/m1/s1. The number of amides is 1. The molecule has 1 aromatic carbocycles. The molecule has 150 valence electrons. The second-order valence-corrected chi connectivity index (χ2v) is 7.87. The fourth-order valence-electron chi connectivity index (χ4n) is 3.77. The highest BCUT2D eigenvalue weighted by atomic mass is 19.1. The number of halogens is 1. The van der Waals surface area contributed by atoms with Crippen LogP contribution in [-0.2, 0) is 11.8 Å². The van der Waals surface area contributed by atoms with Crippen molar-refractivity contribution in [3.63, 3.8) is 0 Å². The van der Waals surface area contributed by atoms with Crippen molar-refractivity contribution in [3.05, 3.63) is 77.3 Å². The van der Waals surface area contributed by atoms with Crippen LogP contribution in [0.4, 0.5) is 4.39 Å². The molecule has 2 aromatic heterocycles. The van der Waals surface area contributed by atoms with Crippen molar-refractivity contribution in [1.29, 1.82) is 0 Å². The molecule has 0 N–H and O–H groups in total. The molecule has 3 aromatic rings. The van der Waals surface area contributed by atoms with Crippen molar-refractivity contribution in [2.24, 2.45) is 0 Å². The van der Waals surface area contributed by atoms with Gasteiger partial charge in [0, 0.05) is 25.7 Å². The number of rotatable bonds is 4. The van der Waals surface area contributed by atoms with E-state index in [0.717, 1.165) is 24.1 Å². The first-order chi connectivity index (χ1) is 13.9. The molecule has 1 atom stereocenters. The van der Waals surface area contributed by atoms with Crippen molar-refractivity contribution in [3.8, 4) is 0 Å². The van der Waals surface area contributed by atoms with E-state index in [2.05, 4.69) is 21.9 Å². The van der Waals surface area contributed by atoms with Gasteiger partial charge in [0.15, 0.2) is 0 Å². The second kappa shape index (κ2) is 7.73. The number of benzene rings is 1. The zero-order valence-electron chi connectivity index (χ0n) is 16.6. The molecule has 3 heterocycles. The fraction of sp³-hybridized carbons (Fsp3) is 0.364. The van der Waals surface area contributed by atoms with Gasteiger partial charge >= 0.3 is 0 Å². The van der Waals surface area contributed by atoms with Gasteiger partial charge < -0.3 is 9.32 Å². The van der Waals surface area contributed by atoms with Crippen LogP contribution in [0.25, 0.3) is 0 Å². The smallest absolute Gasteiger partial charge is 0.274 e. The second-order valence-electron chi connectivity index (χ2n) is 7.87. The minimum atomic E-state index is -0.383. The summed E-state index contributed by atoms with van der Waals surface area (Å²) in [4.78, 5) is 27.5. The lowest BCUT2D eigenvalue weighted by atomic mass is 9.81. The summed E-state index contributed by atoms with van der Waals surface area (Å²) in [6, 6.07) is 6.45. The average molecular weight is 394 g/mol. The van der Waals surface area contributed by atoms with Crippen LogP contribution in [0.2, 0.25) is 0 Å². The van der Waals surface area contributed by atoms with E-state index in [1.165, 1.54) is 18.3 Å². The molecule has 1 aliphatic rings. The maximum absolute atomic E-state index is 13.4. The lowest BCUT2D eigenvalue weighted by Crippen LogP contribution is -2.47. The first-order valence-corrected chi connectivity index (χ1v) is 9.70. The zero-order valence-corrected chi connectivity index (χ0v) is 16.6. The number of aryl methyl sites for hydroxylation is 1.